The lowest BCUT2D eigenvalue weighted by Gasteiger charge is -2.22. The van der Waals surface area contributed by atoms with Gasteiger partial charge in [-0.15, -0.1) is 6.58 Å². The Bertz CT molecular complexity index is 467. The van der Waals surface area contributed by atoms with E-state index in [1.165, 1.54) is 0 Å². The molecule has 0 unspecified atom stereocenters. The highest BCUT2D eigenvalue weighted by Crippen LogP contribution is 2.32. The lowest BCUT2D eigenvalue weighted by Crippen LogP contribution is -2.34. The van der Waals surface area contributed by atoms with Crippen LogP contribution in [0.5, 0.6) is 5.75 Å². The maximum Gasteiger partial charge on any atom is 0.260 e. The van der Waals surface area contributed by atoms with Crippen LogP contribution in [0.1, 0.15) is 23.2 Å². The fourth-order valence-corrected chi connectivity index (χ4v) is 2.01. The van der Waals surface area contributed by atoms with Gasteiger partial charge in [0.25, 0.3) is 5.91 Å². The van der Waals surface area contributed by atoms with Crippen LogP contribution in [0.4, 0.5) is 5.69 Å². The fourth-order valence-electron chi connectivity index (χ4n) is 2.01. The Kier molecular flexibility index (Phi) is 3.55. The van der Waals surface area contributed by atoms with Gasteiger partial charge in [0.05, 0.1) is 7.11 Å². The van der Waals surface area contributed by atoms with Crippen LogP contribution in [-0.2, 0) is 0 Å². The van der Waals surface area contributed by atoms with Crippen molar-refractivity contribution in [2.45, 2.75) is 18.9 Å². The van der Waals surface area contributed by atoms with E-state index in [1.807, 2.05) is 0 Å². The predicted molar refractivity (Wildman–Crippen MR) is 71.7 cm³/mol. The van der Waals surface area contributed by atoms with Crippen LogP contribution in [0.3, 0.4) is 0 Å². The van der Waals surface area contributed by atoms with Gasteiger partial charge in [-0.2, -0.15) is 0 Å². The molecule has 0 bridgehead atoms. The van der Waals surface area contributed by atoms with Crippen molar-refractivity contribution in [1.82, 2.24) is 4.90 Å². The average molecular weight is 246 g/mol. The second-order valence-corrected chi connectivity index (χ2v) is 4.40. The number of nitrogen functional groups attached to an aromatic ring is 1. The normalized spacial score (nSPS) is 14.1. The molecule has 18 heavy (non-hydrogen) atoms. The van der Waals surface area contributed by atoms with Gasteiger partial charge in [-0.3, -0.25) is 4.79 Å². The Balaban J connectivity index is 2.34. The van der Waals surface area contributed by atoms with E-state index in [0.29, 0.717) is 29.6 Å². The van der Waals surface area contributed by atoms with Crippen molar-refractivity contribution in [3.8, 4) is 5.75 Å². The maximum absolute atomic E-state index is 12.5. The summed E-state index contributed by atoms with van der Waals surface area (Å²) in [5.41, 5.74) is 6.80. The van der Waals surface area contributed by atoms with E-state index in [2.05, 4.69) is 6.58 Å². The summed E-state index contributed by atoms with van der Waals surface area (Å²) in [5, 5.41) is 0. The highest BCUT2D eigenvalue weighted by atomic mass is 16.5. The first-order valence-corrected chi connectivity index (χ1v) is 6.03. The molecule has 0 aromatic heterocycles. The van der Waals surface area contributed by atoms with Crippen LogP contribution in [0.2, 0.25) is 0 Å². The first-order chi connectivity index (χ1) is 8.69. The molecule has 1 aliphatic rings. The van der Waals surface area contributed by atoms with Crippen LogP contribution >= 0.6 is 0 Å². The molecule has 1 aromatic rings. The number of amides is 1. The van der Waals surface area contributed by atoms with E-state index in [0.717, 1.165) is 12.8 Å². The Labute approximate surface area is 107 Å². The number of hydrogen-bond acceptors (Lipinski definition) is 3. The molecular weight excluding hydrogens is 228 g/mol. The lowest BCUT2D eigenvalue weighted by atomic mass is 10.1. The van der Waals surface area contributed by atoms with Crippen molar-refractivity contribution >= 4 is 11.6 Å². The molecule has 0 spiro atoms. The quantitative estimate of drug-likeness (QED) is 0.639. The van der Waals surface area contributed by atoms with Crippen molar-refractivity contribution in [2.24, 2.45) is 0 Å². The van der Waals surface area contributed by atoms with Gasteiger partial charge in [-0.05, 0) is 25.0 Å². The minimum absolute atomic E-state index is 0.0765. The molecule has 0 radical (unpaired) electrons. The number of nitrogens with zero attached hydrogens (tertiary/aromatic N) is 1. The van der Waals surface area contributed by atoms with Crippen LogP contribution in [-0.4, -0.2) is 30.5 Å². The first-order valence-electron chi connectivity index (χ1n) is 6.03. The Morgan fingerprint density at radius 2 is 2.33 bits per heavy atom. The third-order valence-corrected chi connectivity index (χ3v) is 3.07. The zero-order valence-electron chi connectivity index (χ0n) is 10.6. The molecule has 4 nitrogen and oxygen atoms in total. The summed E-state index contributed by atoms with van der Waals surface area (Å²) < 4.78 is 5.22. The van der Waals surface area contributed by atoms with Gasteiger partial charge in [-0.25, -0.2) is 0 Å². The average Bonchev–Trinajstić information content (AvgIpc) is 3.19. The molecular formula is C14H18N2O2. The van der Waals surface area contributed by atoms with Crippen molar-refractivity contribution in [3.05, 3.63) is 36.4 Å². The minimum Gasteiger partial charge on any atom is -0.496 e. The predicted octanol–water partition coefficient (Wildman–Crippen LogP) is 2.07. The summed E-state index contributed by atoms with van der Waals surface area (Å²) in [5.74, 6) is 0.446. The summed E-state index contributed by atoms with van der Waals surface area (Å²) in [6, 6.07) is 5.57. The second-order valence-electron chi connectivity index (χ2n) is 4.40. The van der Waals surface area contributed by atoms with Gasteiger partial charge < -0.3 is 15.4 Å². The summed E-state index contributed by atoms with van der Waals surface area (Å²) in [4.78, 5) is 14.3. The largest absolute Gasteiger partial charge is 0.496 e. The van der Waals surface area contributed by atoms with Crippen molar-refractivity contribution in [3.63, 3.8) is 0 Å². The van der Waals surface area contributed by atoms with Gasteiger partial charge >= 0.3 is 0 Å². The Morgan fingerprint density at radius 3 is 2.89 bits per heavy atom. The topological polar surface area (TPSA) is 55.6 Å². The first kappa shape index (κ1) is 12.5. The van der Waals surface area contributed by atoms with Crippen molar-refractivity contribution in [2.75, 3.05) is 19.4 Å². The van der Waals surface area contributed by atoms with Crippen LogP contribution in [0.15, 0.2) is 30.9 Å². The number of ether oxygens (including phenoxy) is 1. The molecule has 1 fully saturated rings. The smallest absolute Gasteiger partial charge is 0.260 e. The highest BCUT2D eigenvalue weighted by molar-refractivity contribution is 6.02. The molecule has 0 saturated heterocycles. The summed E-state index contributed by atoms with van der Waals surface area (Å²) in [6.07, 6.45) is 3.84. The standard InChI is InChI=1S/C14H18N2O2/c1-3-9-16(10-7-8-10)14(17)13-11(15)5-4-6-12(13)18-2/h3-6,10H,1,7-9,15H2,2H3. The third-order valence-electron chi connectivity index (χ3n) is 3.07. The number of rotatable bonds is 5. The van der Waals surface area contributed by atoms with Gasteiger partial charge in [0.2, 0.25) is 0 Å². The monoisotopic (exact) mass is 246 g/mol. The van der Waals surface area contributed by atoms with Gasteiger partial charge in [0.1, 0.15) is 11.3 Å². The van der Waals surface area contributed by atoms with Gasteiger partial charge in [0, 0.05) is 18.3 Å². The van der Waals surface area contributed by atoms with Crippen LogP contribution in [0.25, 0.3) is 0 Å². The van der Waals surface area contributed by atoms with E-state index < -0.39 is 0 Å². The van der Waals surface area contributed by atoms with Crippen LogP contribution < -0.4 is 10.5 Å². The lowest BCUT2D eigenvalue weighted by molar-refractivity contribution is 0.0760. The summed E-state index contributed by atoms with van der Waals surface area (Å²) in [6.45, 7) is 4.24. The zero-order valence-corrected chi connectivity index (χ0v) is 10.6. The number of methoxy groups -OCH3 is 1. The molecule has 2 rings (SSSR count). The van der Waals surface area contributed by atoms with Gasteiger partial charge in [0.15, 0.2) is 0 Å². The number of hydrogen-bond donors (Lipinski definition) is 1. The molecule has 2 N–H and O–H groups in total. The van der Waals surface area contributed by atoms with Crippen molar-refractivity contribution in [1.29, 1.82) is 0 Å². The van der Waals surface area contributed by atoms with Crippen molar-refractivity contribution < 1.29 is 9.53 Å². The molecule has 0 aliphatic heterocycles. The number of carbonyl (C=O) groups excluding carboxylic acids is 1. The molecule has 4 heteroatoms. The van der Waals surface area contributed by atoms with E-state index in [9.17, 15) is 4.79 Å². The number of carbonyl (C=O) groups is 1. The van der Waals surface area contributed by atoms with E-state index in [-0.39, 0.29) is 5.91 Å². The maximum atomic E-state index is 12.5. The summed E-state index contributed by atoms with van der Waals surface area (Å²) in [7, 11) is 1.54. The molecule has 96 valence electrons. The third kappa shape index (κ3) is 2.32. The molecule has 1 saturated carbocycles. The number of benzene rings is 1. The Hall–Kier alpha value is -1.97. The number of anilines is 1. The Morgan fingerprint density at radius 1 is 1.61 bits per heavy atom. The van der Waals surface area contributed by atoms with Gasteiger partial charge in [-0.1, -0.05) is 12.1 Å². The fraction of sp³-hybridized carbons (Fsp3) is 0.357. The molecule has 1 aromatic carbocycles. The molecule has 0 heterocycles. The SMILES string of the molecule is C=CCN(C(=O)c1c(N)cccc1OC)C1CC1. The second kappa shape index (κ2) is 5.12. The zero-order chi connectivity index (χ0) is 13.1. The van der Waals surface area contributed by atoms with E-state index in [1.54, 1.807) is 36.3 Å². The van der Waals surface area contributed by atoms with E-state index in [4.69, 9.17) is 10.5 Å². The number of nitrogens with two attached hydrogens (primary N) is 1. The highest BCUT2D eigenvalue weighted by Gasteiger charge is 2.34. The molecule has 1 amide bonds. The molecule has 0 atom stereocenters. The summed E-state index contributed by atoms with van der Waals surface area (Å²) >= 11 is 0. The molecule has 1 aliphatic carbocycles. The van der Waals surface area contributed by atoms with E-state index >= 15 is 0 Å². The van der Waals surface area contributed by atoms with Crippen LogP contribution in [0, 0.1) is 0 Å². The minimum atomic E-state index is -0.0765.